The number of aliphatic hydroxyl groups excluding tert-OH is 1. The number of alkyl halides is 1. The van der Waals surface area contributed by atoms with E-state index in [4.69, 9.17) is 17.3 Å². The fourth-order valence-corrected chi connectivity index (χ4v) is 3.01. The molecule has 0 aliphatic heterocycles. The average molecular weight is 278 g/mol. The molecule has 0 aliphatic carbocycles. The standard InChI is InChI=1S/C15H32ClNO/c1-5-6-7-8-9-10-14(16)13(11-12(2)18)15(3,4)17/h12-14,18H,5-11,17H2,1-4H3. The van der Waals surface area contributed by atoms with E-state index in [1.807, 2.05) is 20.8 Å². The Labute approximate surface area is 118 Å². The van der Waals surface area contributed by atoms with Crippen molar-refractivity contribution in [3.05, 3.63) is 0 Å². The zero-order valence-electron chi connectivity index (χ0n) is 12.6. The highest BCUT2D eigenvalue weighted by molar-refractivity contribution is 6.20. The lowest BCUT2D eigenvalue weighted by molar-refractivity contribution is 0.132. The summed E-state index contributed by atoms with van der Waals surface area (Å²) in [5, 5.41) is 9.63. The van der Waals surface area contributed by atoms with Crippen LogP contribution in [-0.4, -0.2) is 22.1 Å². The minimum absolute atomic E-state index is 0.0706. The van der Waals surface area contributed by atoms with Crippen LogP contribution in [0.5, 0.6) is 0 Å². The first kappa shape index (κ1) is 18.2. The summed E-state index contributed by atoms with van der Waals surface area (Å²) in [6.07, 6.45) is 7.66. The van der Waals surface area contributed by atoms with Crippen LogP contribution >= 0.6 is 11.6 Å². The lowest BCUT2D eigenvalue weighted by atomic mass is 9.80. The van der Waals surface area contributed by atoms with Gasteiger partial charge in [-0.1, -0.05) is 39.0 Å². The van der Waals surface area contributed by atoms with Gasteiger partial charge in [-0.25, -0.2) is 0 Å². The van der Waals surface area contributed by atoms with Crippen molar-refractivity contribution >= 4 is 11.6 Å². The molecule has 3 atom stereocenters. The second kappa shape index (κ2) is 9.17. The minimum atomic E-state index is -0.334. The molecule has 0 rings (SSSR count). The fraction of sp³-hybridized carbons (Fsp3) is 1.00. The first-order valence-corrected chi connectivity index (χ1v) is 7.83. The summed E-state index contributed by atoms with van der Waals surface area (Å²) >= 11 is 6.50. The molecule has 0 aromatic heterocycles. The van der Waals surface area contributed by atoms with Gasteiger partial charge in [0.2, 0.25) is 0 Å². The molecule has 0 spiro atoms. The Hall–Kier alpha value is 0.210. The molecule has 3 N–H and O–H groups in total. The highest BCUT2D eigenvalue weighted by Gasteiger charge is 2.32. The fourth-order valence-electron chi connectivity index (χ4n) is 2.43. The number of halogens is 1. The molecule has 0 aromatic rings. The summed E-state index contributed by atoms with van der Waals surface area (Å²) in [4.78, 5) is 0. The van der Waals surface area contributed by atoms with Gasteiger partial charge in [0.1, 0.15) is 0 Å². The van der Waals surface area contributed by atoms with Gasteiger partial charge in [0.25, 0.3) is 0 Å². The normalized spacial score (nSPS) is 17.5. The first-order valence-electron chi connectivity index (χ1n) is 7.40. The molecular formula is C15H32ClNO. The number of nitrogens with two attached hydrogens (primary N) is 1. The van der Waals surface area contributed by atoms with E-state index >= 15 is 0 Å². The predicted molar refractivity (Wildman–Crippen MR) is 81.1 cm³/mol. The van der Waals surface area contributed by atoms with Crippen LogP contribution < -0.4 is 5.73 Å². The van der Waals surface area contributed by atoms with Crippen molar-refractivity contribution < 1.29 is 5.11 Å². The maximum atomic E-state index is 9.56. The summed E-state index contributed by atoms with van der Waals surface area (Å²) in [7, 11) is 0. The molecule has 0 fully saturated rings. The molecule has 0 saturated carbocycles. The number of hydrogen-bond donors (Lipinski definition) is 2. The van der Waals surface area contributed by atoms with Gasteiger partial charge in [-0.3, -0.25) is 0 Å². The Kier molecular flexibility index (Phi) is 9.27. The zero-order chi connectivity index (χ0) is 14.2. The molecule has 3 heteroatoms. The van der Waals surface area contributed by atoms with Crippen molar-refractivity contribution in [3.63, 3.8) is 0 Å². The minimum Gasteiger partial charge on any atom is -0.393 e. The largest absolute Gasteiger partial charge is 0.393 e. The summed E-state index contributed by atoms with van der Waals surface area (Å²) in [6.45, 7) is 8.04. The van der Waals surface area contributed by atoms with Gasteiger partial charge in [0.15, 0.2) is 0 Å². The Morgan fingerprint density at radius 3 is 2.17 bits per heavy atom. The van der Waals surface area contributed by atoms with E-state index in [0.29, 0.717) is 6.42 Å². The quantitative estimate of drug-likeness (QED) is 0.467. The van der Waals surface area contributed by atoms with Gasteiger partial charge in [-0.05, 0) is 39.5 Å². The summed E-state index contributed by atoms with van der Waals surface area (Å²) in [5.74, 6) is 0.172. The second-order valence-corrected chi connectivity index (χ2v) is 6.79. The van der Waals surface area contributed by atoms with Crippen molar-refractivity contribution in [1.82, 2.24) is 0 Å². The van der Waals surface area contributed by atoms with E-state index in [1.54, 1.807) is 0 Å². The maximum absolute atomic E-state index is 9.56. The van der Waals surface area contributed by atoms with E-state index in [-0.39, 0.29) is 22.9 Å². The Morgan fingerprint density at radius 1 is 1.17 bits per heavy atom. The topological polar surface area (TPSA) is 46.2 Å². The van der Waals surface area contributed by atoms with Gasteiger partial charge < -0.3 is 10.8 Å². The maximum Gasteiger partial charge on any atom is 0.0516 e. The summed E-state index contributed by atoms with van der Waals surface area (Å²) in [6, 6.07) is 0. The van der Waals surface area contributed by atoms with Crippen molar-refractivity contribution in [3.8, 4) is 0 Å². The number of unbranched alkanes of at least 4 members (excludes halogenated alkanes) is 4. The van der Waals surface area contributed by atoms with E-state index in [9.17, 15) is 5.11 Å². The Balaban J connectivity index is 4.10. The van der Waals surface area contributed by atoms with Crippen LogP contribution in [-0.2, 0) is 0 Å². The number of hydrogen-bond acceptors (Lipinski definition) is 2. The SMILES string of the molecule is CCCCCCCC(Cl)C(CC(C)O)C(C)(C)N. The van der Waals surface area contributed by atoms with Gasteiger partial charge in [-0.15, -0.1) is 11.6 Å². The summed E-state index contributed by atoms with van der Waals surface area (Å²) in [5.41, 5.74) is 5.86. The molecule has 0 aromatic carbocycles. The predicted octanol–water partition coefficient (Wildman–Crippen LogP) is 4.08. The van der Waals surface area contributed by atoms with Crippen LogP contribution in [0, 0.1) is 5.92 Å². The molecule has 18 heavy (non-hydrogen) atoms. The third-order valence-corrected chi connectivity index (χ3v) is 4.09. The second-order valence-electron chi connectivity index (χ2n) is 6.23. The van der Waals surface area contributed by atoms with Gasteiger partial charge >= 0.3 is 0 Å². The number of rotatable bonds is 10. The van der Waals surface area contributed by atoms with Crippen molar-refractivity contribution in [2.24, 2.45) is 11.7 Å². The average Bonchev–Trinajstić information content (AvgIpc) is 2.23. The number of aliphatic hydroxyl groups is 1. The smallest absolute Gasteiger partial charge is 0.0516 e. The lowest BCUT2D eigenvalue weighted by Crippen LogP contribution is -2.46. The van der Waals surface area contributed by atoms with Crippen molar-refractivity contribution in [2.45, 2.75) is 89.7 Å². The van der Waals surface area contributed by atoms with Crippen LogP contribution in [0.1, 0.15) is 72.6 Å². The van der Waals surface area contributed by atoms with E-state index < -0.39 is 0 Å². The highest BCUT2D eigenvalue weighted by Crippen LogP contribution is 2.30. The van der Waals surface area contributed by atoms with Crippen LogP contribution in [0.25, 0.3) is 0 Å². The zero-order valence-corrected chi connectivity index (χ0v) is 13.3. The molecule has 0 radical (unpaired) electrons. The van der Waals surface area contributed by atoms with Crippen LogP contribution in [0.15, 0.2) is 0 Å². The van der Waals surface area contributed by atoms with E-state index in [2.05, 4.69) is 6.92 Å². The summed E-state index contributed by atoms with van der Waals surface area (Å²) < 4.78 is 0. The third-order valence-electron chi connectivity index (χ3n) is 3.57. The molecule has 0 aliphatic rings. The van der Waals surface area contributed by atoms with Gasteiger partial charge in [0, 0.05) is 10.9 Å². The Morgan fingerprint density at radius 2 is 1.72 bits per heavy atom. The molecule has 0 saturated heterocycles. The van der Waals surface area contributed by atoms with Crippen molar-refractivity contribution in [2.75, 3.05) is 0 Å². The van der Waals surface area contributed by atoms with E-state index in [1.165, 1.54) is 32.1 Å². The third kappa shape index (κ3) is 8.34. The molecule has 3 unspecified atom stereocenters. The molecule has 0 amide bonds. The molecule has 0 bridgehead atoms. The Bertz CT molecular complexity index is 201. The monoisotopic (exact) mass is 277 g/mol. The highest BCUT2D eigenvalue weighted by atomic mass is 35.5. The van der Waals surface area contributed by atoms with Gasteiger partial charge in [-0.2, -0.15) is 0 Å². The van der Waals surface area contributed by atoms with Gasteiger partial charge in [0.05, 0.1) is 6.10 Å². The molecule has 110 valence electrons. The first-order chi connectivity index (χ1) is 8.29. The molecule has 0 heterocycles. The van der Waals surface area contributed by atoms with Crippen molar-refractivity contribution in [1.29, 1.82) is 0 Å². The lowest BCUT2D eigenvalue weighted by Gasteiger charge is -2.35. The van der Waals surface area contributed by atoms with Crippen LogP contribution in [0.2, 0.25) is 0 Å². The van der Waals surface area contributed by atoms with Crippen LogP contribution in [0.3, 0.4) is 0 Å². The molecular weight excluding hydrogens is 246 g/mol. The van der Waals surface area contributed by atoms with E-state index in [0.717, 1.165) is 6.42 Å². The van der Waals surface area contributed by atoms with Crippen LogP contribution in [0.4, 0.5) is 0 Å². The molecule has 2 nitrogen and oxygen atoms in total.